The van der Waals surface area contributed by atoms with E-state index in [4.69, 9.17) is 4.74 Å². The number of halogens is 1. The molecular weight excluding hydrogens is 427 g/mol. The van der Waals surface area contributed by atoms with Crippen LogP contribution in [0.2, 0.25) is 0 Å². The number of nitrogens with zero attached hydrogens (tertiary/aromatic N) is 2. The number of aryl methyl sites for hydroxylation is 1. The Balaban J connectivity index is 0.00000225. The summed E-state index contributed by atoms with van der Waals surface area (Å²) in [5, 5.41) is 1.14. The number of para-hydroxylation sites is 1. The summed E-state index contributed by atoms with van der Waals surface area (Å²) in [6, 6.07) is 12.3. The van der Waals surface area contributed by atoms with Crippen LogP contribution < -0.4 is 28.5 Å². The van der Waals surface area contributed by atoms with Crippen molar-refractivity contribution in [3.63, 3.8) is 0 Å². The van der Waals surface area contributed by atoms with E-state index in [1.807, 2.05) is 53.7 Å². The molecule has 2 aromatic heterocycles. The number of carbonyl (C=O) groups excluding carboxylic acids is 1. The second-order valence-electron chi connectivity index (χ2n) is 5.81. The van der Waals surface area contributed by atoms with E-state index >= 15 is 0 Å². The van der Waals surface area contributed by atoms with Crippen LogP contribution in [0.3, 0.4) is 0 Å². The summed E-state index contributed by atoms with van der Waals surface area (Å²) in [6.07, 6.45) is 8.25. The molecule has 2 heterocycles. The van der Waals surface area contributed by atoms with Crippen molar-refractivity contribution in [3.8, 4) is 0 Å². The molecule has 1 aromatic carbocycles. The molecule has 0 bridgehead atoms. The van der Waals surface area contributed by atoms with Crippen LogP contribution in [0.5, 0.6) is 0 Å². The number of aromatic nitrogens is 2. The molecule has 0 saturated carbocycles. The predicted molar refractivity (Wildman–Crippen MR) is 95.2 cm³/mol. The first-order valence-corrected chi connectivity index (χ1v) is 7.88. The predicted octanol–water partition coefficient (Wildman–Crippen LogP) is 0.122. The van der Waals surface area contributed by atoms with E-state index in [9.17, 15) is 4.79 Å². The van der Waals surface area contributed by atoms with Gasteiger partial charge in [0, 0.05) is 34.3 Å². The van der Waals surface area contributed by atoms with E-state index in [2.05, 4.69) is 30.4 Å². The zero-order valence-electron chi connectivity index (χ0n) is 14.6. The molecule has 0 fully saturated rings. The molecule has 0 aliphatic heterocycles. The van der Waals surface area contributed by atoms with Crippen LogP contribution >= 0.6 is 0 Å². The number of fused-ring (bicyclic) bond motifs is 1. The van der Waals surface area contributed by atoms with E-state index in [-0.39, 0.29) is 36.5 Å². The molecule has 3 aromatic rings. The van der Waals surface area contributed by atoms with Crippen molar-refractivity contribution in [3.05, 3.63) is 65.6 Å². The Labute approximate surface area is 164 Å². The molecule has 4 nitrogen and oxygen atoms in total. The van der Waals surface area contributed by atoms with Crippen molar-refractivity contribution in [2.24, 2.45) is 7.05 Å². The second kappa shape index (κ2) is 8.29. The average Bonchev–Trinajstić information content (AvgIpc) is 2.86. The monoisotopic (exact) mass is 448 g/mol. The van der Waals surface area contributed by atoms with Gasteiger partial charge in [0.05, 0.1) is 7.11 Å². The van der Waals surface area contributed by atoms with Gasteiger partial charge in [0.15, 0.2) is 12.4 Å². The molecular formula is C20H21IN2O2. The number of esters is 1. The molecule has 5 heteroatoms. The molecule has 130 valence electrons. The van der Waals surface area contributed by atoms with Gasteiger partial charge in [-0.05, 0) is 18.6 Å². The Hall–Kier alpha value is -2.15. The summed E-state index contributed by atoms with van der Waals surface area (Å²) in [4.78, 5) is 11.7. The van der Waals surface area contributed by atoms with Crippen LogP contribution in [0.1, 0.15) is 16.8 Å². The first kappa shape index (κ1) is 19.2. The van der Waals surface area contributed by atoms with Gasteiger partial charge < -0.3 is 33.3 Å². The van der Waals surface area contributed by atoms with Crippen molar-refractivity contribution in [2.75, 3.05) is 7.11 Å². The SMILES string of the molecule is COC(=O)Cn1c(C)c(/C=C/c2cc[n+](C)cc2)c2ccccc21.[I-]. The Kier molecular flexibility index (Phi) is 6.36. The van der Waals surface area contributed by atoms with Crippen LogP contribution in [-0.4, -0.2) is 17.6 Å². The van der Waals surface area contributed by atoms with E-state index < -0.39 is 0 Å². The fourth-order valence-electron chi connectivity index (χ4n) is 2.87. The maximum Gasteiger partial charge on any atom is 0.325 e. The van der Waals surface area contributed by atoms with Crippen molar-refractivity contribution in [2.45, 2.75) is 13.5 Å². The summed E-state index contributed by atoms with van der Waals surface area (Å²) in [5.41, 5.74) is 4.36. The van der Waals surface area contributed by atoms with E-state index in [1.54, 1.807) is 0 Å². The Bertz CT molecular complexity index is 911. The number of carbonyl (C=O) groups is 1. The van der Waals surface area contributed by atoms with Gasteiger partial charge >= 0.3 is 5.97 Å². The summed E-state index contributed by atoms with van der Waals surface area (Å²) < 4.78 is 8.84. The highest BCUT2D eigenvalue weighted by molar-refractivity contribution is 5.94. The second-order valence-corrected chi connectivity index (χ2v) is 5.81. The van der Waals surface area contributed by atoms with Crippen LogP contribution in [0.4, 0.5) is 0 Å². The molecule has 0 unspecified atom stereocenters. The van der Waals surface area contributed by atoms with Crippen LogP contribution in [-0.2, 0) is 23.1 Å². The Morgan fingerprint density at radius 1 is 1.16 bits per heavy atom. The quantitative estimate of drug-likeness (QED) is 0.323. The number of methoxy groups -OCH3 is 1. The Morgan fingerprint density at radius 3 is 2.52 bits per heavy atom. The molecule has 0 N–H and O–H groups in total. The highest BCUT2D eigenvalue weighted by atomic mass is 127. The number of hydrogen-bond donors (Lipinski definition) is 0. The van der Waals surface area contributed by atoms with Gasteiger partial charge in [0.1, 0.15) is 13.6 Å². The van der Waals surface area contributed by atoms with Gasteiger partial charge in [-0.3, -0.25) is 4.79 Å². The molecule has 0 aliphatic rings. The minimum Gasteiger partial charge on any atom is -1.00 e. The number of ether oxygens (including phenoxy) is 1. The molecule has 0 spiro atoms. The number of hydrogen-bond acceptors (Lipinski definition) is 2. The van der Waals surface area contributed by atoms with Gasteiger partial charge in [-0.15, -0.1) is 0 Å². The summed E-state index contributed by atoms with van der Waals surface area (Å²) in [5.74, 6) is -0.245. The van der Waals surface area contributed by atoms with Crippen molar-refractivity contribution < 1.29 is 38.1 Å². The van der Waals surface area contributed by atoms with E-state index in [0.717, 1.165) is 27.7 Å². The maximum atomic E-state index is 11.7. The minimum atomic E-state index is -0.245. The number of rotatable bonds is 4. The lowest BCUT2D eigenvalue weighted by Crippen LogP contribution is -3.00. The first-order chi connectivity index (χ1) is 11.6. The van der Waals surface area contributed by atoms with Gasteiger partial charge in [0.2, 0.25) is 0 Å². The topological polar surface area (TPSA) is 35.1 Å². The van der Waals surface area contributed by atoms with Gasteiger partial charge in [-0.1, -0.05) is 30.4 Å². The molecule has 3 rings (SSSR count). The lowest BCUT2D eigenvalue weighted by molar-refractivity contribution is -0.671. The van der Waals surface area contributed by atoms with Crippen molar-refractivity contribution in [1.82, 2.24) is 4.57 Å². The third-order valence-corrected chi connectivity index (χ3v) is 4.24. The third-order valence-electron chi connectivity index (χ3n) is 4.24. The maximum absolute atomic E-state index is 11.7. The molecule has 0 radical (unpaired) electrons. The average molecular weight is 448 g/mol. The molecule has 25 heavy (non-hydrogen) atoms. The number of benzene rings is 1. The lowest BCUT2D eigenvalue weighted by Gasteiger charge is -2.06. The smallest absolute Gasteiger partial charge is 0.325 e. The molecule has 0 atom stereocenters. The number of pyridine rings is 1. The zero-order valence-corrected chi connectivity index (χ0v) is 16.7. The lowest BCUT2D eigenvalue weighted by atomic mass is 10.1. The summed E-state index contributed by atoms with van der Waals surface area (Å²) in [6.45, 7) is 2.26. The van der Waals surface area contributed by atoms with E-state index in [1.165, 1.54) is 7.11 Å². The molecule has 0 amide bonds. The standard InChI is InChI=1S/C20H21N2O2.HI/c1-15-17(9-8-16-10-12-21(2)13-11-16)18-6-4-5-7-19(18)22(15)14-20(23)24-3;/h4-13H,14H2,1-3H3;1H/q+1;/p-1. The van der Waals surface area contributed by atoms with Gasteiger partial charge in [-0.25, -0.2) is 4.57 Å². The van der Waals surface area contributed by atoms with Crippen molar-refractivity contribution >= 4 is 29.0 Å². The van der Waals surface area contributed by atoms with Crippen LogP contribution in [0, 0.1) is 6.92 Å². The van der Waals surface area contributed by atoms with Crippen molar-refractivity contribution in [1.29, 1.82) is 0 Å². The van der Waals surface area contributed by atoms with Gasteiger partial charge in [-0.2, -0.15) is 0 Å². The summed E-state index contributed by atoms with van der Waals surface area (Å²) >= 11 is 0. The third kappa shape index (κ3) is 4.10. The van der Waals surface area contributed by atoms with E-state index in [0.29, 0.717) is 0 Å². The normalized spacial score (nSPS) is 10.8. The highest BCUT2D eigenvalue weighted by Crippen LogP contribution is 2.27. The first-order valence-electron chi connectivity index (χ1n) is 7.88. The largest absolute Gasteiger partial charge is 1.00 e. The fraction of sp³-hybridized carbons (Fsp3) is 0.200. The minimum absolute atomic E-state index is 0. The van der Waals surface area contributed by atoms with Crippen LogP contribution in [0.15, 0.2) is 48.8 Å². The summed E-state index contributed by atoms with van der Waals surface area (Å²) in [7, 11) is 3.41. The molecule has 0 aliphatic carbocycles. The van der Waals surface area contributed by atoms with Crippen LogP contribution in [0.25, 0.3) is 23.1 Å². The highest BCUT2D eigenvalue weighted by Gasteiger charge is 2.14. The fourth-order valence-corrected chi connectivity index (χ4v) is 2.87. The Morgan fingerprint density at radius 2 is 1.84 bits per heavy atom. The van der Waals surface area contributed by atoms with Gasteiger partial charge in [0.25, 0.3) is 0 Å². The molecule has 0 saturated heterocycles. The zero-order chi connectivity index (χ0) is 17.1.